The molecule has 0 bridgehead atoms. The topological polar surface area (TPSA) is 70.1 Å². The molecular weight excluding hydrogens is 248 g/mol. The molecule has 110 valence electrons. The van der Waals surface area contributed by atoms with Crippen LogP contribution in [0.25, 0.3) is 0 Å². The number of carbonyl (C=O) groups excluding carboxylic acids is 1. The Morgan fingerprint density at radius 2 is 2.21 bits per heavy atom. The number of nitrogens with zero attached hydrogens (tertiary/aromatic N) is 2. The van der Waals surface area contributed by atoms with Crippen molar-refractivity contribution in [1.29, 1.82) is 0 Å². The van der Waals surface area contributed by atoms with Crippen LogP contribution in [-0.2, 0) is 9.53 Å². The highest BCUT2D eigenvalue weighted by atomic mass is 16.5. The lowest BCUT2D eigenvalue weighted by molar-refractivity contribution is -0.141. The number of ether oxygens (including phenoxy) is 1. The summed E-state index contributed by atoms with van der Waals surface area (Å²) in [6.45, 7) is 5.46. The molecule has 6 heteroatoms. The predicted molar refractivity (Wildman–Crippen MR) is 71.1 cm³/mol. The molecule has 0 radical (unpaired) electrons. The SMILES string of the molecule is CCC(C)N(CCOC)C(=O)N1CCC[C@@H]1C(=O)O. The van der Waals surface area contributed by atoms with Gasteiger partial charge in [0.15, 0.2) is 0 Å². The van der Waals surface area contributed by atoms with E-state index in [9.17, 15) is 9.59 Å². The first kappa shape index (κ1) is 15.8. The second-order valence-corrected chi connectivity index (χ2v) is 4.92. The quantitative estimate of drug-likeness (QED) is 0.793. The Morgan fingerprint density at radius 3 is 2.74 bits per heavy atom. The third-order valence-electron chi connectivity index (χ3n) is 3.69. The number of methoxy groups -OCH3 is 1. The van der Waals surface area contributed by atoms with Gasteiger partial charge in [0.1, 0.15) is 6.04 Å². The lowest BCUT2D eigenvalue weighted by Gasteiger charge is -2.34. The molecule has 2 amide bonds. The van der Waals surface area contributed by atoms with Crippen molar-refractivity contribution in [3.8, 4) is 0 Å². The van der Waals surface area contributed by atoms with E-state index < -0.39 is 12.0 Å². The second kappa shape index (κ2) is 7.33. The molecule has 0 saturated carbocycles. The smallest absolute Gasteiger partial charge is 0.326 e. The molecule has 6 nitrogen and oxygen atoms in total. The van der Waals surface area contributed by atoms with Crippen LogP contribution in [0.1, 0.15) is 33.1 Å². The van der Waals surface area contributed by atoms with E-state index in [1.54, 1.807) is 12.0 Å². The van der Waals surface area contributed by atoms with Crippen LogP contribution in [0.15, 0.2) is 0 Å². The highest BCUT2D eigenvalue weighted by Crippen LogP contribution is 2.20. The fraction of sp³-hybridized carbons (Fsp3) is 0.846. The Kier molecular flexibility index (Phi) is 6.08. The normalized spacial score (nSPS) is 20.4. The molecule has 1 saturated heterocycles. The van der Waals surface area contributed by atoms with Gasteiger partial charge in [-0.15, -0.1) is 0 Å². The average Bonchev–Trinajstić information content (AvgIpc) is 2.87. The Morgan fingerprint density at radius 1 is 1.53 bits per heavy atom. The molecule has 1 rings (SSSR count). The second-order valence-electron chi connectivity index (χ2n) is 4.92. The number of rotatable bonds is 6. The standard InChI is InChI=1S/C13H24N2O4/c1-4-10(2)14(8-9-19-3)13(18)15-7-5-6-11(15)12(16)17/h10-11H,4-9H2,1-3H3,(H,16,17)/t10?,11-/m1/s1. The van der Waals surface area contributed by atoms with Crippen molar-refractivity contribution >= 4 is 12.0 Å². The third-order valence-corrected chi connectivity index (χ3v) is 3.69. The molecule has 0 spiro atoms. The number of urea groups is 1. The minimum Gasteiger partial charge on any atom is -0.480 e. The van der Waals surface area contributed by atoms with E-state index in [2.05, 4.69) is 0 Å². The van der Waals surface area contributed by atoms with Crippen LogP contribution in [0.3, 0.4) is 0 Å². The highest BCUT2D eigenvalue weighted by Gasteiger charge is 2.36. The minimum absolute atomic E-state index is 0.0812. The summed E-state index contributed by atoms with van der Waals surface area (Å²) in [5, 5.41) is 9.15. The van der Waals surface area contributed by atoms with Crippen LogP contribution in [0.4, 0.5) is 4.79 Å². The maximum absolute atomic E-state index is 12.5. The number of carboxylic acid groups (broad SMARTS) is 1. The molecule has 0 aromatic heterocycles. The van der Waals surface area contributed by atoms with Gasteiger partial charge in [0.2, 0.25) is 0 Å². The molecule has 1 N–H and O–H groups in total. The first-order chi connectivity index (χ1) is 9.02. The van der Waals surface area contributed by atoms with Gasteiger partial charge in [0, 0.05) is 26.2 Å². The van der Waals surface area contributed by atoms with Crippen LogP contribution in [0.5, 0.6) is 0 Å². The van der Waals surface area contributed by atoms with Crippen molar-refractivity contribution in [3.63, 3.8) is 0 Å². The molecule has 1 unspecified atom stereocenters. The van der Waals surface area contributed by atoms with E-state index in [-0.39, 0.29) is 12.1 Å². The van der Waals surface area contributed by atoms with Crippen LogP contribution in [-0.4, -0.2) is 65.8 Å². The zero-order valence-electron chi connectivity index (χ0n) is 12.0. The minimum atomic E-state index is -0.915. The maximum Gasteiger partial charge on any atom is 0.326 e. The van der Waals surface area contributed by atoms with Crippen molar-refractivity contribution < 1.29 is 19.4 Å². The molecule has 0 aromatic carbocycles. The number of aliphatic carboxylic acids is 1. The largest absolute Gasteiger partial charge is 0.480 e. The van der Waals surface area contributed by atoms with Gasteiger partial charge in [-0.05, 0) is 26.2 Å². The van der Waals surface area contributed by atoms with Crippen molar-refractivity contribution in [2.45, 2.75) is 45.2 Å². The summed E-state index contributed by atoms with van der Waals surface area (Å²) < 4.78 is 5.03. The number of carbonyl (C=O) groups is 2. The Balaban J connectivity index is 2.77. The zero-order chi connectivity index (χ0) is 14.4. The van der Waals surface area contributed by atoms with Gasteiger partial charge >= 0.3 is 12.0 Å². The van der Waals surface area contributed by atoms with Gasteiger partial charge < -0.3 is 19.6 Å². The molecule has 1 heterocycles. The number of hydrogen-bond acceptors (Lipinski definition) is 3. The summed E-state index contributed by atoms with van der Waals surface area (Å²) in [5.74, 6) is -0.915. The van der Waals surface area contributed by atoms with Crippen molar-refractivity contribution in [2.24, 2.45) is 0 Å². The van der Waals surface area contributed by atoms with Crippen molar-refractivity contribution in [3.05, 3.63) is 0 Å². The summed E-state index contributed by atoms with van der Waals surface area (Å²) in [4.78, 5) is 26.8. The number of likely N-dealkylation sites (tertiary alicyclic amines) is 1. The van der Waals surface area contributed by atoms with E-state index in [4.69, 9.17) is 9.84 Å². The first-order valence-electron chi connectivity index (χ1n) is 6.81. The van der Waals surface area contributed by atoms with Gasteiger partial charge in [-0.1, -0.05) is 6.92 Å². The van der Waals surface area contributed by atoms with Gasteiger partial charge in [-0.3, -0.25) is 0 Å². The molecule has 1 fully saturated rings. The first-order valence-corrected chi connectivity index (χ1v) is 6.81. The third kappa shape index (κ3) is 3.83. The zero-order valence-corrected chi connectivity index (χ0v) is 12.0. The molecule has 2 atom stereocenters. The van der Waals surface area contributed by atoms with Gasteiger partial charge in [-0.2, -0.15) is 0 Å². The summed E-state index contributed by atoms with van der Waals surface area (Å²) in [6, 6.07) is -0.782. The Bertz CT molecular complexity index is 322. The van der Waals surface area contributed by atoms with Gasteiger partial charge in [0.05, 0.1) is 6.61 Å². The number of amides is 2. The maximum atomic E-state index is 12.5. The number of carboxylic acids is 1. The molecule has 1 aliphatic heterocycles. The van der Waals surface area contributed by atoms with Crippen LogP contribution in [0, 0.1) is 0 Å². The van der Waals surface area contributed by atoms with E-state index in [0.29, 0.717) is 26.1 Å². The van der Waals surface area contributed by atoms with Gasteiger partial charge in [-0.25, -0.2) is 9.59 Å². The monoisotopic (exact) mass is 272 g/mol. The molecular formula is C13H24N2O4. The van der Waals surface area contributed by atoms with E-state index in [0.717, 1.165) is 12.8 Å². The van der Waals surface area contributed by atoms with Crippen LogP contribution in [0.2, 0.25) is 0 Å². The Hall–Kier alpha value is -1.30. The predicted octanol–water partition coefficient (Wildman–Crippen LogP) is 1.40. The van der Waals surface area contributed by atoms with E-state index in [1.807, 2.05) is 13.8 Å². The fourth-order valence-corrected chi connectivity index (χ4v) is 2.33. The molecule has 0 aromatic rings. The van der Waals surface area contributed by atoms with E-state index >= 15 is 0 Å². The van der Waals surface area contributed by atoms with Crippen molar-refractivity contribution in [2.75, 3.05) is 26.8 Å². The Labute approximate surface area is 114 Å². The molecule has 1 aliphatic rings. The average molecular weight is 272 g/mol. The highest BCUT2D eigenvalue weighted by molar-refractivity contribution is 5.83. The molecule has 0 aliphatic carbocycles. The number of hydrogen-bond donors (Lipinski definition) is 1. The van der Waals surface area contributed by atoms with Crippen molar-refractivity contribution in [1.82, 2.24) is 9.80 Å². The van der Waals surface area contributed by atoms with Gasteiger partial charge in [0.25, 0.3) is 0 Å². The lowest BCUT2D eigenvalue weighted by atomic mass is 10.2. The summed E-state index contributed by atoms with van der Waals surface area (Å²) in [6.07, 6.45) is 2.13. The summed E-state index contributed by atoms with van der Waals surface area (Å²) >= 11 is 0. The van der Waals surface area contributed by atoms with Crippen LogP contribution < -0.4 is 0 Å². The molecule has 19 heavy (non-hydrogen) atoms. The van der Waals surface area contributed by atoms with Crippen LogP contribution >= 0.6 is 0 Å². The summed E-state index contributed by atoms with van der Waals surface area (Å²) in [5.41, 5.74) is 0. The summed E-state index contributed by atoms with van der Waals surface area (Å²) in [7, 11) is 1.59. The fourth-order valence-electron chi connectivity index (χ4n) is 2.33. The lowest BCUT2D eigenvalue weighted by Crippen LogP contribution is -2.51. The van der Waals surface area contributed by atoms with E-state index in [1.165, 1.54) is 4.90 Å².